The lowest BCUT2D eigenvalue weighted by molar-refractivity contribution is -0.297. The van der Waals surface area contributed by atoms with E-state index in [1.54, 1.807) is 0 Å². The Bertz CT molecular complexity index is 129. The molecule has 1 unspecified atom stereocenters. The van der Waals surface area contributed by atoms with Gasteiger partial charge in [-0.15, -0.1) is 11.6 Å². The second-order valence-corrected chi connectivity index (χ2v) is 2.48. The Morgan fingerprint density at radius 3 is 1.64 bits per heavy atom. The summed E-state index contributed by atoms with van der Waals surface area (Å²) in [6.45, 7) is 0.750. The Hall–Kier alpha value is -0.0600. The lowest BCUT2D eigenvalue weighted by Crippen LogP contribution is -2.42. The molecule has 11 heavy (non-hydrogen) atoms. The largest absolute Gasteiger partial charge is 0.453 e. The zero-order valence-corrected chi connectivity index (χ0v) is 6.31. The van der Waals surface area contributed by atoms with E-state index in [0.29, 0.717) is 0 Å². The molecule has 0 aromatic heterocycles. The Labute approximate surface area is 65.3 Å². The molecular formula is C5H6ClF5. The topological polar surface area (TPSA) is 0 Å². The summed E-state index contributed by atoms with van der Waals surface area (Å²) in [7, 11) is 0. The maximum atomic E-state index is 12.1. The molecule has 0 aromatic carbocycles. The van der Waals surface area contributed by atoms with E-state index in [-0.39, 0.29) is 0 Å². The molecule has 0 aliphatic carbocycles. The first-order valence-corrected chi connectivity index (χ1v) is 3.27. The molecular weight excluding hydrogens is 190 g/mol. The molecule has 0 spiro atoms. The molecule has 0 N–H and O–H groups in total. The van der Waals surface area contributed by atoms with Gasteiger partial charge in [-0.2, -0.15) is 22.0 Å². The third-order valence-electron chi connectivity index (χ3n) is 1.23. The van der Waals surface area contributed by atoms with Crippen molar-refractivity contribution in [3.05, 3.63) is 0 Å². The summed E-state index contributed by atoms with van der Waals surface area (Å²) < 4.78 is 58.6. The summed E-state index contributed by atoms with van der Waals surface area (Å²) in [6, 6.07) is 0. The third-order valence-corrected chi connectivity index (χ3v) is 1.69. The van der Waals surface area contributed by atoms with Crippen LogP contribution in [0.3, 0.4) is 0 Å². The maximum Gasteiger partial charge on any atom is 0.453 e. The van der Waals surface area contributed by atoms with E-state index in [2.05, 4.69) is 0 Å². The Morgan fingerprint density at radius 2 is 1.55 bits per heavy atom. The first-order chi connectivity index (χ1) is 4.73. The summed E-state index contributed by atoms with van der Waals surface area (Å²) in [5.41, 5.74) is 0. The van der Waals surface area contributed by atoms with Crippen molar-refractivity contribution in [1.82, 2.24) is 0 Å². The number of hydrogen-bond donors (Lipinski definition) is 0. The highest BCUT2D eigenvalue weighted by molar-refractivity contribution is 6.18. The highest BCUT2D eigenvalue weighted by atomic mass is 35.5. The summed E-state index contributed by atoms with van der Waals surface area (Å²) in [4.78, 5) is 0. The zero-order valence-electron chi connectivity index (χ0n) is 5.55. The Morgan fingerprint density at radius 1 is 1.18 bits per heavy atom. The van der Waals surface area contributed by atoms with Crippen LogP contribution >= 0.6 is 11.6 Å². The smallest absolute Gasteiger partial charge is 0.196 e. The van der Waals surface area contributed by atoms with Crippen LogP contribution in [-0.4, -0.2) is 18.0 Å². The summed E-state index contributed by atoms with van der Waals surface area (Å²) in [6.07, 6.45) is -5.50. The van der Waals surface area contributed by atoms with Gasteiger partial charge in [-0.25, -0.2) is 0 Å². The molecule has 0 nitrogen and oxygen atoms in total. The highest BCUT2D eigenvalue weighted by Gasteiger charge is 2.60. The van der Waals surface area contributed by atoms with E-state index in [1.807, 2.05) is 0 Å². The lowest BCUT2D eigenvalue weighted by atomic mass is 10.1. The van der Waals surface area contributed by atoms with Gasteiger partial charge in [0.05, 0.1) is 0 Å². The molecule has 0 saturated carbocycles. The first-order valence-electron chi connectivity index (χ1n) is 2.74. The molecule has 0 radical (unpaired) electrons. The van der Waals surface area contributed by atoms with Crippen LogP contribution in [-0.2, 0) is 0 Å². The van der Waals surface area contributed by atoms with Gasteiger partial charge in [0.2, 0.25) is 0 Å². The van der Waals surface area contributed by atoms with Crippen LogP contribution < -0.4 is 0 Å². The molecule has 0 amide bonds. The minimum Gasteiger partial charge on any atom is -0.196 e. The predicted molar refractivity (Wildman–Crippen MR) is 30.9 cm³/mol. The molecule has 1 atom stereocenters. The molecule has 0 saturated heterocycles. The molecule has 68 valence electrons. The van der Waals surface area contributed by atoms with Gasteiger partial charge in [0.1, 0.15) is 0 Å². The molecule has 0 bridgehead atoms. The van der Waals surface area contributed by atoms with Crippen LogP contribution in [0, 0.1) is 5.92 Å². The third kappa shape index (κ3) is 2.18. The summed E-state index contributed by atoms with van der Waals surface area (Å²) in [5, 5.41) is 0. The van der Waals surface area contributed by atoms with Crippen LogP contribution in [0.15, 0.2) is 0 Å². The maximum absolute atomic E-state index is 12.1. The number of halogens is 6. The van der Waals surface area contributed by atoms with Crippen LogP contribution in [0.2, 0.25) is 0 Å². The van der Waals surface area contributed by atoms with Crippen molar-refractivity contribution < 1.29 is 22.0 Å². The van der Waals surface area contributed by atoms with Gasteiger partial charge in [0.25, 0.3) is 0 Å². The van der Waals surface area contributed by atoms with Crippen LogP contribution in [0.5, 0.6) is 0 Å². The van der Waals surface area contributed by atoms with Crippen molar-refractivity contribution in [2.75, 3.05) is 5.88 Å². The van der Waals surface area contributed by atoms with Crippen molar-refractivity contribution in [3.63, 3.8) is 0 Å². The standard InChI is InChI=1S/C5H6ClF5/c1-3(2-6)4(7,8)5(9,10)11/h3H,2H2,1H3. The summed E-state index contributed by atoms with van der Waals surface area (Å²) in [5.74, 6) is -7.29. The number of rotatable bonds is 2. The van der Waals surface area contributed by atoms with Crippen LogP contribution in [0.1, 0.15) is 6.92 Å². The van der Waals surface area contributed by atoms with E-state index >= 15 is 0 Å². The van der Waals surface area contributed by atoms with Gasteiger partial charge in [0.15, 0.2) is 0 Å². The van der Waals surface area contributed by atoms with E-state index in [1.165, 1.54) is 0 Å². The highest BCUT2D eigenvalue weighted by Crippen LogP contribution is 2.41. The second-order valence-electron chi connectivity index (χ2n) is 2.18. The van der Waals surface area contributed by atoms with Gasteiger partial charge in [-0.1, -0.05) is 6.92 Å². The van der Waals surface area contributed by atoms with Gasteiger partial charge >= 0.3 is 12.1 Å². The normalized spacial score (nSPS) is 16.6. The fraction of sp³-hybridized carbons (Fsp3) is 1.00. The molecule has 0 rings (SSSR count). The average molecular weight is 197 g/mol. The first kappa shape index (κ1) is 10.9. The van der Waals surface area contributed by atoms with Gasteiger partial charge in [0, 0.05) is 11.8 Å². The van der Waals surface area contributed by atoms with E-state index in [0.717, 1.165) is 6.92 Å². The fourth-order valence-electron chi connectivity index (χ4n) is 0.376. The number of hydrogen-bond acceptors (Lipinski definition) is 0. The van der Waals surface area contributed by atoms with Gasteiger partial charge in [-0.05, 0) is 0 Å². The summed E-state index contributed by atoms with van der Waals surface area (Å²) >= 11 is 4.86. The minimum absolute atomic E-state index is 0.716. The molecule has 0 aromatic rings. The van der Waals surface area contributed by atoms with Crippen molar-refractivity contribution in [2.24, 2.45) is 5.92 Å². The van der Waals surface area contributed by atoms with E-state index in [4.69, 9.17) is 11.6 Å². The monoisotopic (exact) mass is 196 g/mol. The van der Waals surface area contributed by atoms with Crippen LogP contribution in [0.4, 0.5) is 22.0 Å². The van der Waals surface area contributed by atoms with E-state index < -0.39 is 23.9 Å². The molecule has 0 aliphatic rings. The Balaban J connectivity index is 4.45. The molecule has 6 heteroatoms. The molecule has 0 aliphatic heterocycles. The average Bonchev–Trinajstić information content (AvgIpc) is 1.83. The fourth-order valence-corrected chi connectivity index (χ4v) is 0.570. The molecule has 0 heterocycles. The second kappa shape index (κ2) is 3.13. The van der Waals surface area contributed by atoms with E-state index in [9.17, 15) is 22.0 Å². The quantitative estimate of drug-likeness (QED) is 0.470. The minimum atomic E-state index is -5.50. The van der Waals surface area contributed by atoms with Crippen molar-refractivity contribution in [2.45, 2.75) is 19.0 Å². The number of alkyl halides is 6. The zero-order chi connectivity index (χ0) is 9.28. The van der Waals surface area contributed by atoms with Crippen LogP contribution in [0.25, 0.3) is 0 Å². The van der Waals surface area contributed by atoms with Gasteiger partial charge in [-0.3, -0.25) is 0 Å². The Kier molecular flexibility index (Phi) is 3.11. The molecule has 0 fully saturated rings. The predicted octanol–water partition coefficient (Wildman–Crippen LogP) is 3.06. The van der Waals surface area contributed by atoms with Crippen molar-refractivity contribution in [1.29, 1.82) is 0 Å². The van der Waals surface area contributed by atoms with Crippen molar-refractivity contribution >= 4 is 11.6 Å². The lowest BCUT2D eigenvalue weighted by Gasteiger charge is -2.23. The van der Waals surface area contributed by atoms with Crippen molar-refractivity contribution in [3.8, 4) is 0 Å². The van der Waals surface area contributed by atoms with Gasteiger partial charge < -0.3 is 0 Å². The SMILES string of the molecule is CC(CCl)C(F)(F)C(F)(F)F.